The van der Waals surface area contributed by atoms with Gasteiger partial charge in [0.05, 0.1) is 0 Å². The van der Waals surface area contributed by atoms with E-state index in [4.69, 9.17) is 27.9 Å². The van der Waals surface area contributed by atoms with Crippen LogP contribution in [0.15, 0.2) is 54.0 Å². The fourth-order valence-corrected chi connectivity index (χ4v) is 3.03. The van der Waals surface area contributed by atoms with Crippen molar-refractivity contribution in [1.29, 1.82) is 0 Å². The molecule has 1 N–H and O–H groups in total. The molecule has 0 atom stereocenters. The van der Waals surface area contributed by atoms with Crippen molar-refractivity contribution in [3.63, 3.8) is 0 Å². The molecule has 0 saturated carbocycles. The van der Waals surface area contributed by atoms with E-state index in [1.807, 2.05) is 47.8 Å². The second-order valence-electron chi connectivity index (χ2n) is 4.86. The number of halogens is 2. The summed E-state index contributed by atoms with van der Waals surface area (Å²) in [5, 5.41) is 7.44. The molecule has 23 heavy (non-hydrogen) atoms. The molecule has 3 rings (SSSR count). The molecule has 0 spiro atoms. The lowest BCUT2D eigenvalue weighted by atomic mass is 10.2. The summed E-state index contributed by atoms with van der Waals surface area (Å²) in [6, 6.07) is 13.2. The smallest absolute Gasteiger partial charge is 0.182 e. The molecule has 1 aromatic heterocycles. The standard InChI is InChI=1S/C17H14Cl2N2OS/c18-14-3-1-2-12(8-14)11-22-16-5-4-15(19)9-13(16)10-21-17-20-6-7-23-17/h1-9H,10-11H2,(H,20,21). The Labute approximate surface area is 148 Å². The Kier molecular flexibility index (Phi) is 5.39. The summed E-state index contributed by atoms with van der Waals surface area (Å²) >= 11 is 13.7. The first-order valence-electron chi connectivity index (χ1n) is 7.00. The van der Waals surface area contributed by atoms with Gasteiger partial charge in [0.1, 0.15) is 12.4 Å². The fourth-order valence-electron chi connectivity index (χ4n) is 2.10. The van der Waals surface area contributed by atoms with Gasteiger partial charge in [-0.15, -0.1) is 11.3 Å². The van der Waals surface area contributed by atoms with E-state index in [1.165, 1.54) is 0 Å². The van der Waals surface area contributed by atoms with Crippen LogP contribution in [0, 0.1) is 0 Å². The summed E-state index contributed by atoms with van der Waals surface area (Å²) in [6.07, 6.45) is 1.77. The van der Waals surface area contributed by atoms with Crippen LogP contribution in [0.3, 0.4) is 0 Å². The highest BCUT2D eigenvalue weighted by atomic mass is 35.5. The molecule has 6 heteroatoms. The minimum Gasteiger partial charge on any atom is -0.489 e. The van der Waals surface area contributed by atoms with Crippen molar-refractivity contribution < 1.29 is 4.74 Å². The summed E-state index contributed by atoms with van der Waals surface area (Å²) in [6.45, 7) is 1.05. The largest absolute Gasteiger partial charge is 0.489 e. The van der Waals surface area contributed by atoms with Gasteiger partial charge in [-0.1, -0.05) is 35.3 Å². The average molecular weight is 365 g/mol. The van der Waals surface area contributed by atoms with Gasteiger partial charge in [0.2, 0.25) is 0 Å². The second-order valence-corrected chi connectivity index (χ2v) is 6.63. The summed E-state index contributed by atoms with van der Waals surface area (Å²) in [5.41, 5.74) is 2.00. The van der Waals surface area contributed by atoms with E-state index in [9.17, 15) is 0 Å². The van der Waals surface area contributed by atoms with Gasteiger partial charge in [0.25, 0.3) is 0 Å². The number of rotatable bonds is 6. The minimum absolute atomic E-state index is 0.451. The first kappa shape index (κ1) is 16.1. The molecule has 0 unspecified atom stereocenters. The number of nitrogens with zero attached hydrogens (tertiary/aromatic N) is 1. The van der Waals surface area contributed by atoms with E-state index in [1.54, 1.807) is 17.5 Å². The minimum atomic E-state index is 0.451. The van der Waals surface area contributed by atoms with E-state index in [-0.39, 0.29) is 0 Å². The van der Waals surface area contributed by atoms with Gasteiger partial charge in [-0.2, -0.15) is 0 Å². The van der Waals surface area contributed by atoms with E-state index in [2.05, 4.69) is 10.3 Å². The summed E-state index contributed by atoms with van der Waals surface area (Å²) < 4.78 is 5.93. The molecule has 0 amide bonds. The van der Waals surface area contributed by atoms with Crippen molar-refractivity contribution >= 4 is 39.7 Å². The van der Waals surface area contributed by atoms with E-state index in [0.717, 1.165) is 22.0 Å². The van der Waals surface area contributed by atoms with Crippen LogP contribution in [0.5, 0.6) is 5.75 Å². The highest BCUT2D eigenvalue weighted by molar-refractivity contribution is 7.13. The van der Waals surface area contributed by atoms with Crippen molar-refractivity contribution in [2.24, 2.45) is 0 Å². The van der Waals surface area contributed by atoms with Crippen LogP contribution >= 0.6 is 34.5 Å². The third kappa shape index (κ3) is 4.61. The number of hydrogen-bond donors (Lipinski definition) is 1. The Balaban J connectivity index is 1.70. The summed E-state index contributed by atoms with van der Waals surface area (Å²) in [7, 11) is 0. The maximum absolute atomic E-state index is 6.10. The normalized spacial score (nSPS) is 10.5. The third-order valence-corrected chi connectivity index (χ3v) is 4.37. The second kappa shape index (κ2) is 7.68. The van der Waals surface area contributed by atoms with Gasteiger partial charge in [-0.25, -0.2) is 4.98 Å². The molecule has 0 radical (unpaired) electrons. The predicted octanol–water partition coefficient (Wildman–Crippen LogP) is 5.64. The van der Waals surface area contributed by atoms with Gasteiger partial charge in [-0.05, 0) is 35.9 Å². The molecule has 0 fully saturated rings. The maximum atomic E-state index is 6.10. The van der Waals surface area contributed by atoms with Crippen molar-refractivity contribution in [3.8, 4) is 5.75 Å². The summed E-state index contributed by atoms with van der Waals surface area (Å²) in [4.78, 5) is 4.21. The zero-order valence-corrected chi connectivity index (χ0v) is 14.5. The molecule has 2 aromatic carbocycles. The van der Waals surface area contributed by atoms with Crippen LogP contribution in [0.2, 0.25) is 10.0 Å². The molecular formula is C17H14Cl2N2OS. The first-order valence-corrected chi connectivity index (χ1v) is 8.63. The van der Waals surface area contributed by atoms with Crippen LogP contribution in [0.4, 0.5) is 5.13 Å². The topological polar surface area (TPSA) is 34.1 Å². The molecule has 0 aliphatic rings. The molecule has 0 aliphatic carbocycles. The molecule has 3 nitrogen and oxygen atoms in total. The van der Waals surface area contributed by atoms with E-state index >= 15 is 0 Å². The quantitative estimate of drug-likeness (QED) is 0.614. The lowest BCUT2D eigenvalue weighted by molar-refractivity contribution is 0.303. The van der Waals surface area contributed by atoms with Gasteiger partial charge in [-0.3, -0.25) is 0 Å². The number of anilines is 1. The van der Waals surface area contributed by atoms with Crippen LogP contribution in [-0.2, 0) is 13.2 Å². The van der Waals surface area contributed by atoms with Crippen molar-refractivity contribution in [1.82, 2.24) is 4.98 Å². The van der Waals surface area contributed by atoms with Gasteiger partial charge in [0.15, 0.2) is 5.13 Å². The lowest BCUT2D eigenvalue weighted by Gasteiger charge is -2.13. The molecule has 0 saturated heterocycles. The Bertz CT molecular complexity index is 778. The first-order chi connectivity index (χ1) is 11.2. The molecule has 1 heterocycles. The van der Waals surface area contributed by atoms with Crippen LogP contribution in [0.25, 0.3) is 0 Å². The number of aromatic nitrogens is 1. The Morgan fingerprint density at radius 2 is 1.96 bits per heavy atom. The number of benzene rings is 2. The Hall–Kier alpha value is -1.75. The van der Waals surface area contributed by atoms with E-state index < -0.39 is 0 Å². The average Bonchev–Trinajstić information content (AvgIpc) is 3.05. The lowest BCUT2D eigenvalue weighted by Crippen LogP contribution is -2.03. The Morgan fingerprint density at radius 3 is 2.74 bits per heavy atom. The van der Waals surface area contributed by atoms with Gasteiger partial charge in [0, 0.05) is 33.7 Å². The molecule has 0 aliphatic heterocycles. The van der Waals surface area contributed by atoms with Gasteiger partial charge >= 0.3 is 0 Å². The van der Waals surface area contributed by atoms with Crippen molar-refractivity contribution in [3.05, 3.63) is 75.2 Å². The highest BCUT2D eigenvalue weighted by Gasteiger charge is 2.07. The predicted molar refractivity (Wildman–Crippen MR) is 96.7 cm³/mol. The zero-order chi connectivity index (χ0) is 16.1. The van der Waals surface area contributed by atoms with Crippen LogP contribution in [0.1, 0.15) is 11.1 Å². The molecular weight excluding hydrogens is 351 g/mol. The SMILES string of the molecule is Clc1cccc(COc2ccc(Cl)cc2CNc2nccs2)c1. The maximum Gasteiger partial charge on any atom is 0.182 e. The third-order valence-electron chi connectivity index (χ3n) is 3.17. The molecule has 118 valence electrons. The van der Waals surface area contributed by atoms with Crippen molar-refractivity contribution in [2.45, 2.75) is 13.2 Å². The van der Waals surface area contributed by atoms with E-state index in [0.29, 0.717) is 23.2 Å². The summed E-state index contributed by atoms with van der Waals surface area (Å²) in [5.74, 6) is 0.790. The number of ether oxygens (including phenoxy) is 1. The number of nitrogens with one attached hydrogen (secondary N) is 1. The van der Waals surface area contributed by atoms with Gasteiger partial charge < -0.3 is 10.1 Å². The molecule has 3 aromatic rings. The highest BCUT2D eigenvalue weighted by Crippen LogP contribution is 2.25. The van der Waals surface area contributed by atoms with Crippen LogP contribution < -0.4 is 10.1 Å². The Morgan fingerprint density at radius 1 is 1.09 bits per heavy atom. The number of thiazole rings is 1. The zero-order valence-electron chi connectivity index (χ0n) is 12.1. The fraction of sp³-hybridized carbons (Fsp3) is 0.118. The monoisotopic (exact) mass is 364 g/mol. The van der Waals surface area contributed by atoms with Crippen molar-refractivity contribution in [2.75, 3.05) is 5.32 Å². The molecule has 0 bridgehead atoms. The number of hydrogen-bond acceptors (Lipinski definition) is 4. The van der Waals surface area contributed by atoms with Crippen LogP contribution in [-0.4, -0.2) is 4.98 Å².